The molecule has 4 N–H and O–H groups in total. The first-order valence-electron chi connectivity index (χ1n) is 6.81. The minimum absolute atomic E-state index is 0.126. The van der Waals surface area contributed by atoms with E-state index < -0.39 is 12.1 Å². The number of hydrogen-bond acceptors (Lipinski definition) is 4. The van der Waals surface area contributed by atoms with Gasteiger partial charge in [0, 0.05) is 5.41 Å². The number of hydrogen-bond donors (Lipinski definition) is 4. The summed E-state index contributed by atoms with van der Waals surface area (Å²) in [7, 11) is 0. The van der Waals surface area contributed by atoms with Gasteiger partial charge in [0.25, 0.3) is 0 Å². The van der Waals surface area contributed by atoms with E-state index in [0.29, 0.717) is 6.42 Å². The SMILES string of the molecule is CCCCCCCCC(CO)(CO)COP(O)(O)=S. The lowest BCUT2D eigenvalue weighted by Gasteiger charge is -2.30. The van der Waals surface area contributed by atoms with Crippen molar-refractivity contribution in [2.75, 3.05) is 19.8 Å². The molecule has 5 nitrogen and oxygen atoms in total. The molecular weight excluding hydrogens is 287 g/mol. The van der Waals surface area contributed by atoms with Crippen LogP contribution in [-0.2, 0) is 16.3 Å². The van der Waals surface area contributed by atoms with Crippen LogP contribution in [0.15, 0.2) is 0 Å². The third-order valence-corrected chi connectivity index (χ3v) is 4.05. The van der Waals surface area contributed by atoms with E-state index in [9.17, 15) is 10.2 Å². The zero-order valence-corrected chi connectivity index (χ0v) is 13.3. The van der Waals surface area contributed by atoms with Gasteiger partial charge in [0.2, 0.25) is 0 Å². The van der Waals surface area contributed by atoms with E-state index in [1.165, 1.54) is 19.3 Å². The molecule has 0 heterocycles. The molecule has 0 bridgehead atoms. The van der Waals surface area contributed by atoms with Gasteiger partial charge in [-0.1, -0.05) is 45.4 Å². The smallest absolute Gasteiger partial charge is 0.321 e. The lowest BCUT2D eigenvalue weighted by atomic mass is 9.85. The predicted octanol–water partition coefficient (Wildman–Crippen LogP) is 1.93. The third-order valence-electron chi connectivity index (χ3n) is 3.27. The molecule has 0 aliphatic rings. The fourth-order valence-electron chi connectivity index (χ4n) is 1.87. The molecule has 0 aromatic rings. The van der Waals surface area contributed by atoms with Crippen LogP contribution in [0.4, 0.5) is 0 Å². The second-order valence-electron chi connectivity index (χ2n) is 5.10. The number of unbranched alkanes of at least 4 members (excludes halogenated alkanes) is 5. The molecule has 0 radical (unpaired) electrons. The van der Waals surface area contributed by atoms with E-state index in [0.717, 1.165) is 19.3 Å². The maximum atomic E-state index is 9.39. The van der Waals surface area contributed by atoms with E-state index in [-0.39, 0.29) is 19.8 Å². The van der Waals surface area contributed by atoms with Gasteiger partial charge in [0.1, 0.15) is 0 Å². The van der Waals surface area contributed by atoms with Crippen molar-refractivity contribution in [2.24, 2.45) is 5.41 Å². The van der Waals surface area contributed by atoms with E-state index in [4.69, 9.17) is 14.3 Å². The Labute approximate surface area is 120 Å². The van der Waals surface area contributed by atoms with Gasteiger partial charge in [0.05, 0.1) is 19.8 Å². The Morgan fingerprint density at radius 3 is 2.00 bits per heavy atom. The minimum Gasteiger partial charge on any atom is -0.396 e. The Hall–Kier alpha value is 0.450. The second kappa shape index (κ2) is 10.2. The summed E-state index contributed by atoms with van der Waals surface area (Å²) in [6.07, 6.45) is 7.25. The predicted molar refractivity (Wildman–Crippen MR) is 79.3 cm³/mol. The molecule has 0 spiro atoms. The highest BCUT2D eigenvalue weighted by molar-refractivity contribution is 8.06. The van der Waals surface area contributed by atoms with Gasteiger partial charge >= 0.3 is 6.72 Å². The van der Waals surface area contributed by atoms with Gasteiger partial charge in [-0.15, -0.1) is 0 Å². The van der Waals surface area contributed by atoms with Crippen molar-refractivity contribution >= 4 is 18.5 Å². The van der Waals surface area contributed by atoms with Crippen LogP contribution in [0.25, 0.3) is 0 Å². The first-order valence-corrected chi connectivity index (χ1v) is 9.43. The van der Waals surface area contributed by atoms with Crippen LogP contribution >= 0.6 is 6.72 Å². The van der Waals surface area contributed by atoms with Gasteiger partial charge in [0.15, 0.2) is 0 Å². The number of rotatable bonds is 12. The zero-order chi connectivity index (χ0) is 14.8. The lowest BCUT2D eigenvalue weighted by Crippen LogP contribution is -2.34. The number of aliphatic hydroxyl groups excluding tert-OH is 2. The zero-order valence-electron chi connectivity index (χ0n) is 11.6. The molecule has 0 rings (SSSR count). The van der Waals surface area contributed by atoms with Crippen LogP contribution in [0.1, 0.15) is 51.9 Å². The van der Waals surface area contributed by atoms with Gasteiger partial charge < -0.3 is 24.5 Å². The van der Waals surface area contributed by atoms with Gasteiger partial charge in [-0.3, -0.25) is 0 Å². The van der Waals surface area contributed by atoms with Crippen molar-refractivity contribution in [3.8, 4) is 0 Å². The molecule has 7 heteroatoms. The molecule has 0 saturated heterocycles. The molecule has 0 amide bonds. The van der Waals surface area contributed by atoms with Gasteiger partial charge in [-0.25, -0.2) is 0 Å². The first-order chi connectivity index (χ1) is 8.89. The van der Waals surface area contributed by atoms with Crippen molar-refractivity contribution < 1.29 is 24.5 Å². The maximum Gasteiger partial charge on any atom is 0.321 e. The molecule has 116 valence electrons. The summed E-state index contributed by atoms with van der Waals surface area (Å²) in [6.45, 7) is -2.21. The molecule has 0 fully saturated rings. The minimum atomic E-state index is -3.73. The molecule has 0 saturated carbocycles. The normalized spacial score (nSPS) is 12.9. The number of aliphatic hydroxyl groups is 2. The standard InChI is InChI=1S/C12H27O5PS/c1-2-3-4-5-6-7-8-12(9-13,10-14)11-17-18(15,16)19/h13-14H,2-11H2,1H3,(H2,15,16,19). The van der Waals surface area contributed by atoms with Crippen LogP contribution < -0.4 is 0 Å². The van der Waals surface area contributed by atoms with Crippen LogP contribution in [0, 0.1) is 5.41 Å². The molecule has 0 aromatic heterocycles. The van der Waals surface area contributed by atoms with Crippen molar-refractivity contribution in [1.29, 1.82) is 0 Å². The summed E-state index contributed by atoms with van der Waals surface area (Å²) in [5.41, 5.74) is -0.833. The van der Waals surface area contributed by atoms with E-state index >= 15 is 0 Å². The molecular formula is C12H27O5PS. The molecule has 0 atom stereocenters. The average molecular weight is 314 g/mol. The summed E-state index contributed by atoms with van der Waals surface area (Å²) in [5.74, 6) is 0. The highest BCUT2D eigenvalue weighted by Crippen LogP contribution is 2.39. The summed E-state index contributed by atoms with van der Waals surface area (Å²) >= 11 is 4.37. The Kier molecular flexibility index (Phi) is 10.5. The van der Waals surface area contributed by atoms with Crippen LogP contribution in [0.3, 0.4) is 0 Å². The van der Waals surface area contributed by atoms with Crippen molar-refractivity contribution in [3.63, 3.8) is 0 Å². The van der Waals surface area contributed by atoms with E-state index in [1.807, 2.05) is 0 Å². The Morgan fingerprint density at radius 2 is 1.53 bits per heavy atom. The van der Waals surface area contributed by atoms with Crippen molar-refractivity contribution in [1.82, 2.24) is 0 Å². The summed E-state index contributed by atoms with van der Waals surface area (Å²) in [5, 5.41) is 18.8. The summed E-state index contributed by atoms with van der Waals surface area (Å²) < 4.78 is 4.79. The largest absolute Gasteiger partial charge is 0.396 e. The maximum absolute atomic E-state index is 9.39. The van der Waals surface area contributed by atoms with Gasteiger partial charge in [-0.2, -0.15) is 0 Å². The first kappa shape index (κ1) is 19.4. The summed E-state index contributed by atoms with van der Waals surface area (Å²) in [6, 6.07) is 0. The monoisotopic (exact) mass is 314 g/mol. The van der Waals surface area contributed by atoms with Gasteiger partial charge in [-0.05, 0) is 18.2 Å². The average Bonchev–Trinajstić information content (AvgIpc) is 2.37. The Bertz CT molecular complexity index is 265. The fraction of sp³-hybridized carbons (Fsp3) is 1.00. The van der Waals surface area contributed by atoms with E-state index in [2.05, 4.69) is 18.7 Å². The molecule has 0 aliphatic heterocycles. The second-order valence-corrected chi connectivity index (χ2v) is 7.76. The highest BCUT2D eigenvalue weighted by atomic mass is 32.5. The van der Waals surface area contributed by atoms with E-state index in [1.54, 1.807) is 0 Å². The lowest BCUT2D eigenvalue weighted by molar-refractivity contribution is 0.00245. The highest BCUT2D eigenvalue weighted by Gasteiger charge is 2.30. The molecule has 19 heavy (non-hydrogen) atoms. The van der Waals surface area contributed by atoms with Crippen LogP contribution in [0.5, 0.6) is 0 Å². The van der Waals surface area contributed by atoms with Crippen LogP contribution in [0.2, 0.25) is 0 Å². The summed E-state index contributed by atoms with van der Waals surface area (Å²) in [4.78, 5) is 18.1. The third kappa shape index (κ3) is 9.91. The molecule has 0 unspecified atom stereocenters. The fourth-order valence-corrected chi connectivity index (χ4v) is 2.47. The topological polar surface area (TPSA) is 90.2 Å². The Morgan fingerprint density at radius 1 is 1.00 bits per heavy atom. The van der Waals surface area contributed by atoms with Crippen LogP contribution in [-0.4, -0.2) is 39.8 Å². The molecule has 0 aliphatic carbocycles. The van der Waals surface area contributed by atoms with Crippen molar-refractivity contribution in [3.05, 3.63) is 0 Å². The quantitative estimate of drug-likeness (QED) is 0.325. The Balaban J connectivity index is 4.05. The van der Waals surface area contributed by atoms with Crippen molar-refractivity contribution in [2.45, 2.75) is 51.9 Å². The molecule has 0 aromatic carbocycles.